The van der Waals surface area contributed by atoms with E-state index in [2.05, 4.69) is 5.32 Å². The van der Waals surface area contributed by atoms with Crippen molar-refractivity contribution in [1.29, 1.82) is 0 Å². The summed E-state index contributed by atoms with van der Waals surface area (Å²) in [6.07, 6.45) is -4.13. The number of nitrogens with one attached hydrogen (secondary N) is 1. The fraction of sp³-hybridized carbons (Fsp3) is 0.167. The Morgan fingerprint density at radius 1 is 0.972 bits per heavy atom. The van der Waals surface area contributed by atoms with Gasteiger partial charge in [0.1, 0.15) is 5.75 Å². The van der Waals surface area contributed by atoms with Crippen LogP contribution in [0.15, 0.2) is 65.3 Å². The van der Waals surface area contributed by atoms with Crippen LogP contribution in [0.1, 0.15) is 39.3 Å². The largest absolute Gasteiger partial charge is 0.457 e. The number of furan rings is 1. The molecule has 0 bridgehead atoms. The number of ketones is 1. The fourth-order valence-electron chi connectivity index (χ4n) is 2.79. The van der Waals surface area contributed by atoms with Gasteiger partial charge in [-0.2, -0.15) is 13.2 Å². The molecule has 2 aromatic carbocycles. The zero-order chi connectivity index (χ0) is 26.3. The number of carbonyl (C=O) groups is 4. The number of ether oxygens (including phenoxy) is 2. The molecule has 3 rings (SSSR count). The van der Waals surface area contributed by atoms with Crippen molar-refractivity contribution in [3.8, 4) is 5.75 Å². The van der Waals surface area contributed by atoms with Crippen molar-refractivity contribution in [3.63, 3.8) is 0 Å². The van der Waals surface area contributed by atoms with E-state index in [1.165, 1.54) is 42.7 Å². The highest BCUT2D eigenvalue weighted by Crippen LogP contribution is 2.33. The van der Waals surface area contributed by atoms with Crippen molar-refractivity contribution in [3.05, 3.63) is 82.8 Å². The van der Waals surface area contributed by atoms with Crippen molar-refractivity contribution >= 4 is 40.9 Å². The van der Waals surface area contributed by atoms with Crippen molar-refractivity contribution < 1.29 is 46.2 Å². The normalized spacial score (nSPS) is 11.0. The molecule has 0 fully saturated rings. The first-order valence-corrected chi connectivity index (χ1v) is 10.6. The van der Waals surface area contributed by atoms with Crippen LogP contribution in [0.3, 0.4) is 0 Å². The molecule has 1 heterocycles. The lowest BCUT2D eigenvalue weighted by Crippen LogP contribution is -2.18. The Morgan fingerprint density at radius 3 is 2.33 bits per heavy atom. The molecule has 12 heteroatoms. The molecule has 1 aromatic heterocycles. The Bertz CT molecular complexity index is 1260. The maximum absolute atomic E-state index is 12.8. The first-order valence-electron chi connectivity index (χ1n) is 10.2. The zero-order valence-corrected chi connectivity index (χ0v) is 19.0. The second-order valence-electron chi connectivity index (χ2n) is 7.22. The minimum atomic E-state index is -4.62. The summed E-state index contributed by atoms with van der Waals surface area (Å²) in [5.41, 5.74) is -1.07. The highest BCUT2D eigenvalue weighted by atomic mass is 35.5. The molecule has 0 aliphatic heterocycles. The summed E-state index contributed by atoms with van der Waals surface area (Å²) >= 11 is 5.81. The quantitative estimate of drug-likeness (QED) is 0.229. The van der Waals surface area contributed by atoms with E-state index in [9.17, 15) is 32.3 Å². The first kappa shape index (κ1) is 26.5. The van der Waals surface area contributed by atoms with Crippen LogP contribution in [-0.4, -0.2) is 30.2 Å². The molecule has 188 valence electrons. The predicted molar refractivity (Wildman–Crippen MR) is 120 cm³/mol. The number of Topliss-reactive ketones (excluding diaryl/α,β-unsaturated/α-hetero) is 1. The lowest BCUT2D eigenvalue weighted by molar-refractivity contribution is -0.143. The Kier molecular flexibility index (Phi) is 8.49. The standard InChI is InChI=1S/C24H17ClF3NO7/c25-17-8-5-15(24(26,27)28)12-18(17)29-21(31)9-10-22(32)35-13-19(30)14-3-6-16(7-4-14)36-23(33)20-2-1-11-34-20/h1-8,11-12H,9-10,13H2,(H,29,31). The van der Waals surface area contributed by atoms with Crippen LogP contribution in [0, 0.1) is 0 Å². The molecule has 0 saturated carbocycles. The van der Waals surface area contributed by atoms with E-state index in [1.54, 1.807) is 0 Å². The maximum Gasteiger partial charge on any atom is 0.416 e. The molecular weight excluding hydrogens is 507 g/mol. The van der Waals surface area contributed by atoms with E-state index < -0.39 is 54.8 Å². The average Bonchev–Trinajstić information content (AvgIpc) is 3.37. The number of alkyl halides is 3. The third-order valence-electron chi connectivity index (χ3n) is 4.60. The number of esters is 2. The summed E-state index contributed by atoms with van der Waals surface area (Å²) in [5, 5.41) is 2.10. The lowest BCUT2D eigenvalue weighted by Gasteiger charge is -2.11. The van der Waals surface area contributed by atoms with Gasteiger partial charge in [-0.1, -0.05) is 11.6 Å². The maximum atomic E-state index is 12.8. The number of hydrogen-bond acceptors (Lipinski definition) is 7. The smallest absolute Gasteiger partial charge is 0.416 e. The summed E-state index contributed by atoms with van der Waals surface area (Å²) < 4.78 is 53.3. The first-order chi connectivity index (χ1) is 17.0. The van der Waals surface area contributed by atoms with E-state index in [0.29, 0.717) is 6.07 Å². The molecule has 0 aliphatic carbocycles. The fourth-order valence-corrected chi connectivity index (χ4v) is 2.95. The van der Waals surface area contributed by atoms with Crippen LogP contribution < -0.4 is 10.1 Å². The number of amides is 1. The van der Waals surface area contributed by atoms with Crippen LogP contribution in [0.5, 0.6) is 5.75 Å². The molecule has 0 saturated heterocycles. The zero-order valence-electron chi connectivity index (χ0n) is 18.3. The average molecular weight is 524 g/mol. The molecule has 0 spiro atoms. The van der Waals surface area contributed by atoms with Crippen molar-refractivity contribution in [1.82, 2.24) is 0 Å². The minimum absolute atomic E-state index is 0.00803. The van der Waals surface area contributed by atoms with Crippen LogP contribution in [0.25, 0.3) is 0 Å². The summed E-state index contributed by atoms with van der Waals surface area (Å²) in [6.45, 7) is -0.606. The second kappa shape index (κ2) is 11.5. The van der Waals surface area contributed by atoms with Gasteiger partial charge in [0, 0.05) is 12.0 Å². The second-order valence-corrected chi connectivity index (χ2v) is 7.62. The molecule has 0 radical (unpaired) electrons. The van der Waals surface area contributed by atoms with Gasteiger partial charge in [0.2, 0.25) is 11.7 Å². The summed E-state index contributed by atoms with van der Waals surface area (Å²) in [4.78, 5) is 47.9. The number of carbonyl (C=O) groups excluding carboxylic acids is 4. The molecule has 8 nitrogen and oxygen atoms in total. The van der Waals surface area contributed by atoms with Gasteiger partial charge < -0.3 is 19.2 Å². The minimum Gasteiger partial charge on any atom is -0.457 e. The Balaban J connectivity index is 1.43. The van der Waals surface area contributed by atoms with E-state index >= 15 is 0 Å². The van der Waals surface area contributed by atoms with Crippen molar-refractivity contribution in [2.75, 3.05) is 11.9 Å². The monoisotopic (exact) mass is 523 g/mol. The van der Waals surface area contributed by atoms with E-state index in [0.717, 1.165) is 12.1 Å². The van der Waals surface area contributed by atoms with Gasteiger partial charge in [0.05, 0.1) is 29.0 Å². The molecule has 1 amide bonds. The van der Waals surface area contributed by atoms with Crippen LogP contribution in [-0.2, 0) is 20.5 Å². The SMILES string of the molecule is O=C(CCC(=O)OCC(=O)c1ccc(OC(=O)c2ccco2)cc1)Nc1cc(C(F)(F)F)ccc1Cl. The molecule has 1 N–H and O–H groups in total. The number of rotatable bonds is 9. The molecule has 3 aromatic rings. The van der Waals surface area contributed by atoms with Gasteiger partial charge in [-0.3, -0.25) is 14.4 Å². The number of hydrogen-bond donors (Lipinski definition) is 1. The highest BCUT2D eigenvalue weighted by molar-refractivity contribution is 6.33. The number of anilines is 1. The topological polar surface area (TPSA) is 112 Å². The van der Waals surface area contributed by atoms with E-state index in [-0.39, 0.29) is 27.8 Å². The molecule has 0 atom stereocenters. The third-order valence-corrected chi connectivity index (χ3v) is 4.93. The van der Waals surface area contributed by atoms with Gasteiger partial charge in [0.15, 0.2) is 12.4 Å². The summed E-state index contributed by atoms with van der Waals surface area (Å²) in [5.74, 6) is -2.72. The molecule has 36 heavy (non-hydrogen) atoms. The third kappa shape index (κ3) is 7.44. The summed E-state index contributed by atoms with van der Waals surface area (Å²) in [6, 6.07) is 10.9. The van der Waals surface area contributed by atoms with Crippen LogP contribution in [0.4, 0.5) is 18.9 Å². The number of benzene rings is 2. The molecular formula is C24H17ClF3NO7. The number of halogens is 4. The predicted octanol–water partition coefficient (Wildman–Crippen LogP) is 5.32. The molecule has 0 aliphatic rings. The summed E-state index contributed by atoms with van der Waals surface area (Å²) in [7, 11) is 0. The van der Waals surface area contributed by atoms with E-state index in [1.807, 2.05) is 0 Å². The van der Waals surface area contributed by atoms with Gasteiger partial charge in [-0.15, -0.1) is 0 Å². The van der Waals surface area contributed by atoms with Gasteiger partial charge >= 0.3 is 18.1 Å². The van der Waals surface area contributed by atoms with Crippen LogP contribution >= 0.6 is 11.6 Å². The van der Waals surface area contributed by atoms with Gasteiger partial charge in [-0.05, 0) is 54.6 Å². The van der Waals surface area contributed by atoms with Crippen molar-refractivity contribution in [2.24, 2.45) is 0 Å². The Hall–Kier alpha value is -4.12. The van der Waals surface area contributed by atoms with Crippen LogP contribution in [0.2, 0.25) is 5.02 Å². The van der Waals surface area contributed by atoms with Crippen molar-refractivity contribution in [2.45, 2.75) is 19.0 Å². The Morgan fingerprint density at radius 2 is 1.69 bits per heavy atom. The van der Waals surface area contributed by atoms with Gasteiger partial charge in [0.25, 0.3) is 0 Å². The van der Waals surface area contributed by atoms with Gasteiger partial charge in [-0.25, -0.2) is 4.79 Å². The van der Waals surface area contributed by atoms with E-state index in [4.69, 9.17) is 25.5 Å². The lowest BCUT2D eigenvalue weighted by atomic mass is 10.1. The Labute approximate surface area is 206 Å². The highest BCUT2D eigenvalue weighted by Gasteiger charge is 2.31. The molecule has 0 unspecified atom stereocenters.